The lowest BCUT2D eigenvalue weighted by molar-refractivity contribution is 0.714. The van der Waals surface area contributed by atoms with Crippen molar-refractivity contribution in [3.63, 3.8) is 0 Å². The number of aromatic nitrogens is 2. The standard InChI is InChI=1S/C22H22BrClN4/c1-14(2)20-12-21(27-22(26-20)25-19-5-3-4-18(24)11-19)28-9-8-15-6-7-17(23)10-16(15)13-28/h3-7,10-12,14H,8-9,13H2,1-2H3,(H,25,26,27). The second kappa shape index (κ2) is 8.10. The van der Waals surface area contributed by atoms with E-state index < -0.39 is 0 Å². The molecule has 1 aliphatic heterocycles. The summed E-state index contributed by atoms with van der Waals surface area (Å²) >= 11 is 9.70. The number of rotatable bonds is 4. The van der Waals surface area contributed by atoms with Crippen LogP contribution in [0.25, 0.3) is 0 Å². The van der Waals surface area contributed by atoms with Gasteiger partial charge in [-0.3, -0.25) is 0 Å². The number of anilines is 3. The van der Waals surface area contributed by atoms with Gasteiger partial charge >= 0.3 is 0 Å². The molecule has 0 spiro atoms. The summed E-state index contributed by atoms with van der Waals surface area (Å²) in [6.45, 7) is 6.09. The number of nitrogens with zero attached hydrogens (tertiary/aromatic N) is 3. The van der Waals surface area contributed by atoms with Gasteiger partial charge in [-0.2, -0.15) is 4.98 Å². The van der Waals surface area contributed by atoms with Gasteiger partial charge in [-0.25, -0.2) is 4.98 Å². The lowest BCUT2D eigenvalue weighted by Crippen LogP contribution is -2.31. The molecule has 0 atom stereocenters. The van der Waals surface area contributed by atoms with Crippen LogP contribution in [0.4, 0.5) is 17.5 Å². The maximum absolute atomic E-state index is 6.11. The Balaban J connectivity index is 1.66. The van der Waals surface area contributed by atoms with Crippen LogP contribution in [0.5, 0.6) is 0 Å². The smallest absolute Gasteiger partial charge is 0.229 e. The van der Waals surface area contributed by atoms with E-state index in [-0.39, 0.29) is 0 Å². The van der Waals surface area contributed by atoms with Gasteiger partial charge < -0.3 is 10.2 Å². The van der Waals surface area contributed by atoms with Crippen LogP contribution in [0.3, 0.4) is 0 Å². The van der Waals surface area contributed by atoms with Crippen molar-refractivity contribution in [1.82, 2.24) is 9.97 Å². The number of halogens is 2. The van der Waals surface area contributed by atoms with Crippen LogP contribution in [0.2, 0.25) is 5.02 Å². The van der Waals surface area contributed by atoms with Crippen molar-refractivity contribution in [1.29, 1.82) is 0 Å². The van der Waals surface area contributed by atoms with Crippen molar-refractivity contribution in [2.75, 3.05) is 16.8 Å². The van der Waals surface area contributed by atoms with Crippen LogP contribution in [0, 0.1) is 0 Å². The zero-order valence-electron chi connectivity index (χ0n) is 15.9. The first kappa shape index (κ1) is 19.2. The normalized spacial score (nSPS) is 13.5. The summed E-state index contributed by atoms with van der Waals surface area (Å²) in [6.07, 6.45) is 1.01. The molecule has 0 aliphatic carbocycles. The van der Waals surface area contributed by atoms with Crippen molar-refractivity contribution in [3.05, 3.63) is 74.8 Å². The van der Waals surface area contributed by atoms with E-state index in [1.807, 2.05) is 24.3 Å². The van der Waals surface area contributed by atoms with Crippen LogP contribution in [0.1, 0.15) is 36.6 Å². The van der Waals surface area contributed by atoms with Crippen LogP contribution in [0.15, 0.2) is 53.0 Å². The van der Waals surface area contributed by atoms with Crippen LogP contribution < -0.4 is 10.2 Å². The molecule has 2 heterocycles. The molecule has 0 unspecified atom stereocenters. The van der Waals surface area contributed by atoms with E-state index in [4.69, 9.17) is 21.6 Å². The highest BCUT2D eigenvalue weighted by molar-refractivity contribution is 9.10. The van der Waals surface area contributed by atoms with Gasteiger partial charge in [0.1, 0.15) is 5.82 Å². The quantitative estimate of drug-likeness (QED) is 0.497. The molecule has 1 N–H and O–H groups in total. The lowest BCUT2D eigenvalue weighted by atomic mass is 10.00. The van der Waals surface area contributed by atoms with E-state index in [0.29, 0.717) is 16.9 Å². The molecular formula is C22H22BrClN4. The van der Waals surface area contributed by atoms with Crippen molar-refractivity contribution in [2.24, 2.45) is 0 Å². The maximum atomic E-state index is 6.11. The third-order valence-corrected chi connectivity index (χ3v) is 5.64. The first-order chi connectivity index (χ1) is 13.5. The topological polar surface area (TPSA) is 41.1 Å². The number of hydrogen-bond acceptors (Lipinski definition) is 4. The highest BCUT2D eigenvalue weighted by atomic mass is 79.9. The second-order valence-corrected chi connectivity index (χ2v) is 8.70. The molecule has 0 fully saturated rings. The first-order valence-electron chi connectivity index (χ1n) is 9.42. The minimum atomic E-state index is 0.313. The zero-order chi connectivity index (χ0) is 19.7. The molecule has 4 nitrogen and oxygen atoms in total. The Morgan fingerprint density at radius 2 is 1.93 bits per heavy atom. The second-order valence-electron chi connectivity index (χ2n) is 7.35. The van der Waals surface area contributed by atoms with Gasteiger partial charge in [0.05, 0.1) is 5.69 Å². The number of fused-ring (bicyclic) bond motifs is 1. The molecule has 144 valence electrons. The van der Waals surface area contributed by atoms with Crippen molar-refractivity contribution < 1.29 is 0 Å². The molecule has 4 rings (SSSR count). The summed E-state index contributed by atoms with van der Waals surface area (Å²) in [7, 11) is 0. The largest absolute Gasteiger partial charge is 0.352 e. The van der Waals surface area contributed by atoms with Crippen LogP contribution in [-0.4, -0.2) is 16.5 Å². The molecule has 0 bridgehead atoms. The SMILES string of the molecule is CC(C)c1cc(N2CCc3ccc(Br)cc3C2)nc(Nc2cccc(Cl)c2)n1. The van der Waals surface area contributed by atoms with Crippen molar-refractivity contribution in [3.8, 4) is 0 Å². The summed E-state index contributed by atoms with van der Waals surface area (Å²) in [6, 6.07) is 16.2. The average molecular weight is 458 g/mol. The van der Waals surface area contributed by atoms with E-state index >= 15 is 0 Å². The minimum absolute atomic E-state index is 0.313. The van der Waals surface area contributed by atoms with E-state index in [1.165, 1.54) is 11.1 Å². The molecular weight excluding hydrogens is 436 g/mol. The Labute approximate surface area is 179 Å². The highest BCUT2D eigenvalue weighted by Crippen LogP contribution is 2.29. The predicted molar refractivity (Wildman–Crippen MR) is 120 cm³/mol. The fraction of sp³-hybridized carbons (Fsp3) is 0.273. The molecule has 2 aromatic carbocycles. The van der Waals surface area contributed by atoms with E-state index in [2.05, 4.69) is 64.3 Å². The highest BCUT2D eigenvalue weighted by Gasteiger charge is 2.20. The Morgan fingerprint density at radius 3 is 2.71 bits per heavy atom. The van der Waals surface area contributed by atoms with Gasteiger partial charge in [0.25, 0.3) is 0 Å². The van der Waals surface area contributed by atoms with E-state index in [9.17, 15) is 0 Å². The predicted octanol–water partition coefficient (Wildman–Crippen LogP) is 6.32. The number of hydrogen-bond donors (Lipinski definition) is 1. The first-order valence-corrected chi connectivity index (χ1v) is 10.6. The molecule has 0 saturated heterocycles. The van der Waals surface area contributed by atoms with Crippen molar-refractivity contribution >= 4 is 45.0 Å². The van der Waals surface area contributed by atoms with Crippen LogP contribution in [-0.2, 0) is 13.0 Å². The van der Waals surface area contributed by atoms with Gasteiger partial charge in [0.15, 0.2) is 0 Å². The molecule has 1 aromatic heterocycles. The van der Waals surface area contributed by atoms with Gasteiger partial charge in [0.2, 0.25) is 5.95 Å². The monoisotopic (exact) mass is 456 g/mol. The summed E-state index contributed by atoms with van der Waals surface area (Å²) in [5.41, 5.74) is 4.66. The molecule has 0 radical (unpaired) electrons. The summed E-state index contributed by atoms with van der Waals surface area (Å²) < 4.78 is 1.11. The van der Waals surface area contributed by atoms with Gasteiger partial charge in [-0.1, -0.05) is 53.5 Å². The fourth-order valence-corrected chi connectivity index (χ4v) is 3.98. The molecule has 6 heteroatoms. The van der Waals surface area contributed by atoms with Gasteiger partial charge in [-0.15, -0.1) is 0 Å². The van der Waals surface area contributed by atoms with E-state index in [1.54, 1.807) is 0 Å². The summed E-state index contributed by atoms with van der Waals surface area (Å²) in [5.74, 6) is 1.87. The summed E-state index contributed by atoms with van der Waals surface area (Å²) in [5, 5.41) is 3.99. The van der Waals surface area contributed by atoms with Crippen LogP contribution >= 0.6 is 27.5 Å². The maximum Gasteiger partial charge on any atom is 0.229 e. The third-order valence-electron chi connectivity index (χ3n) is 4.91. The van der Waals surface area contributed by atoms with E-state index in [0.717, 1.165) is 41.2 Å². The Bertz CT molecular complexity index is 1010. The molecule has 3 aromatic rings. The van der Waals surface area contributed by atoms with Gasteiger partial charge in [0, 0.05) is 34.3 Å². The molecule has 28 heavy (non-hydrogen) atoms. The fourth-order valence-electron chi connectivity index (χ4n) is 3.38. The molecule has 1 aliphatic rings. The average Bonchev–Trinajstić information content (AvgIpc) is 2.67. The third kappa shape index (κ3) is 4.31. The minimum Gasteiger partial charge on any atom is -0.352 e. The lowest BCUT2D eigenvalue weighted by Gasteiger charge is -2.30. The number of nitrogens with one attached hydrogen (secondary N) is 1. The van der Waals surface area contributed by atoms with Crippen molar-refractivity contribution in [2.45, 2.75) is 32.7 Å². The zero-order valence-corrected chi connectivity index (χ0v) is 18.3. The molecule has 0 amide bonds. The Morgan fingerprint density at radius 1 is 1.07 bits per heavy atom. The molecule has 0 saturated carbocycles. The van der Waals surface area contributed by atoms with Gasteiger partial charge in [-0.05, 0) is 53.8 Å². The Hall–Kier alpha value is -2.11. The Kier molecular flexibility index (Phi) is 5.56. The summed E-state index contributed by atoms with van der Waals surface area (Å²) in [4.78, 5) is 11.8. The number of benzene rings is 2.